The number of hydrogen-bond acceptors (Lipinski definition) is 4. The molecule has 0 spiro atoms. The highest BCUT2D eigenvalue weighted by Crippen LogP contribution is 2.46. The van der Waals surface area contributed by atoms with Gasteiger partial charge in [-0.25, -0.2) is 0 Å². The molecule has 3 N–H and O–H groups in total. The lowest BCUT2D eigenvalue weighted by Gasteiger charge is -2.28. The number of benzene rings is 3. The molecule has 0 bridgehead atoms. The summed E-state index contributed by atoms with van der Waals surface area (Å²) in [7, 11) is 0. The molecule has 8 heteroatoms. The maximum absolute atomic E-state index is 6.21. The summed E-state index contributed by atoms with van der Waals surface area (Å²) in [5.41, 5.74) is 5.29. The van der Waals surface area contributed by atoms with Crippen LogP contribution in [0.3, 0.4) is 0 Å². The molecular weight excluding hydrogens is 471 g/mol. The Morgan fingerprint density at radius 2 is 0.800 bits per heavy atom. The highest BCUT2D eigenvalue weighted by atomic mass is 32.4. The van der Waals surface area contributed by atoms with Crippen molar-refractivity contribution in [3.63, 3.8) is 0 Å². The first kappa shape index (κ1) is 21.5. The van der Waals surface area contributed by atoms with Crippen LogP contribution >= 0.6 is 6.49 Å². The van der Waals surface area contributed by atoms with E-state index in [0.717, 1.165) is 49.8 Å². The van der Waals surface area contributed by atoms with Gasteiger partial charge in [0.2, 0.25) is 6.49 Å². The van der Waals surface area contributed by atoms with Crippen LogP contribution in [0, 0.1) is 0 Å². The van der Waals surface area contributed by atoms with E-state index >= 15 is 0 Å². The number of rotatable bonds is 6. The van der Waals surface area contributed by atoms with Gasteiger partial charge < -0.3 is 15.3 Å². The predicted octanol–water partition coefficient (Wildman–Crippen LogP) is 7.19. The van der Waals surface area contributed by atoms with Crippen LogP contribution in [0.4, 0.5) is 17.1 Å². The van der Waals surface area contributed by atoms with Crippen LogP contribution in [0.5, 0.6) is 0 Å². The van der Waals surface area contributed by atoms with Crippen LogP contribution in [0.2, 0.25) is 0 Å². The minimum atomic E-state index is -2.66. The lowest BCUT2D eigenvalue weighted by atomic mass is 10.2. The minimum absolute atomic E-state index is 0.828. The quantitative estimate of drug-likeness (QED) is 0.212. The van der Waals surface area contributed by atoms with E-state index in [1.54, 1.807) is 0 Å². The molecule has 3 aromatic carbocycles. The Balaban J connectivity index is 1.38. The first-order valence-corrected chi connectivity index (χ1v) is 13.9. The first-order chi connectivity index (χ1) is 17.1. The second kappa shape index (κ2) is 8.95. The van der Waals surface area contributed by atoms with Crippen LogP contribution in [-0.2, 0) is 11.8 Å². The van der Waals surface area contributed by atoms with Crippen LogP contribution < -0.4 is 15.3 Å². The Labute approximate surface area is 207 Å². The Hall–Kier alpha value is -4.06. The van der Waals surface area contributed by atoms with Gasteiger partial charge in [0, 0.05) is 16.2 Å². The average molecular weight is 493 g/mol. The number of fused-ring (bicyclic) bond motifs is 3. The summed E-state index contributed by atoms with van der Waals surface area (Å²) in [6, 6.07) is 30.2. The Morgan fingerprint density at radius 3 is 1.14 bits per heavy atom. The third-order valence-corrected chi connectivity index (χ3v) is 8.17. The number of aromatic nitrogens is 3. The molecule has 35 heavy (non-hydrogen) atoms. The maximum atomic E-state index is 6.21. The Bertz CT molecular complexity index is 1540. The van der Waals surface area contributed by atoms with Gasteiger partial charge >= 0.3 is 0 Å². The summed E-state index contributed by atoms with van der Waals surface area (Å²) in [6.45, 7) is -2.66. The molecule has 0 aliphatic rings. The molecule has 6 nitrogen and oxygen atoms in total. The van der Waals surface area contributed by atoms with Gasteiger partial charge in [-0.3, -0.25) is 15.0 Å². The highest BCUT2D eigenvalue weighted by molar-refractivity contribution is 8.16. The monoisotopic (exact) mass is 492 g/mol. The first-order valence-electron chi connectivity index (χ1n) is 11.1. The van der Waals surface area contributed by atoms with Crippen LogP contribution in [0.15, 0.2) is 110 Å². The van der Waals surface area contributed by atoms with Crippen molar-refractivity contribution >= 4 is 68.1 Å². The lowest BCUT2D eigenvalue weighted by Crippen LogP contribution is -2.14. The standard InChI is InChI=1S/C27H21N6PS/c35-34(31-22-13-19-7-1-4-10-25(19)28-16-22,32-23-14-20-8-2-5-11-26(20)29-17-23)33-24-15-21-9-3-6-12-27(21)30-18-24/h1-18H,(H3,31,32,33,35). The maximum Gasteiger partial charge on any atom is 0.211 e. The highest BCUT2D eigenvalue weighted by Gasteiger charge is 2.19. The topological polar surface area (TPSA) is 74.8 Å². The van der Waals surface area contributed by atoms with Crippen molar-refractivity contribution < 1.29 is 0 Å². The smallest absolute Gasteiger partial charge is 0.211 e. The molecule has 0 amide bonds. The number of pyridine rings is 3. The van der Waals surface area contributed by atoms with Crippen LogP contribution in [0.1, 0.15) is 0 Å². The molecule has 0 saturated carbocycles. The van der Waals surface area contributed by atoms with Gasteiger partial charge in [0.05, 0.1) is 52.2 Å². The van der Waals surface area contributed by atoms with Gasteiger partial charge in [-0.2, -0.15) is 0 Å². The number of nitrogens with one attached hydrogen (secondary N) is 3. The molecule has 6 aromatic rings. The van der Waals surface area contributed by atoms with Crippen molar-refractivity contribution in [3.8, 4) is 0 Å². The van der Waals surface area contributed by atoms with Crippen LogP contribution in [-0.4, -0.2) is 15.0 Å². The third-order valence-electron chi connectivity index (χ3n) is 5.63. The zero-order valence-corrected chi connectivity index (χ0v) is 20.3. The van der Waals surface area contributed by atoms with Crippen LogP contribution in [0.25, 0.3) is 32.7 Å². The molecule has 3 aromatic heterocycles. The molecule has 0 aliphatic carbocycles. The van der Waals surface area contributed by atoms with E-state index in [1.807, 2.05) is 91.4 Å². The largest absolute Gasteiger partial charge is 0.325 e. The fraction of sp³-hybridized carbons (Fsp3) is 0. The fourth-order valence-corrected chi connectivity index (χ4v) is 6.60. The van der Waals surface area contributed by atoms with E-state index in [4.69, 9.17) is 11.8 Å². The molecule has 0 fully saturated rings. The zero-order valence-electron chi connectivity index (χ0n) is 18.6. The summed E-state index contributed by atoms with van der Waals surface area (Å²) >= 11 is 6.21. The SMILES string of the molecule is S=P(Nc1cnc2ccccc2c1)(Nc1cnc2ccccc2c1)Nc1cnc2ccccc2c1. The second-order valence-corrected chi connectivity index (χ2v) is 11.7. The molecule has 0 radical (unpaired) electrons. The molecule has 0 saturated heterocycles. The molecule has 0 atom stereocenters. The molecule has 170 valence electrons. The molecule has 0 unspecified atom stereocenters. The average Bonchev–Trinajstić information content (AvgIpc) is 2.88. The van der Waals surface area contributed by atoms with Gasteiger partial charge in [0.25, 0.3) is 0 Å². The lowest BCUT2D eigenvalue weighted by molar-refractivity contribution is 1.40. The zero-order chi connectivity index (χ0) is 23.7. The van der Waals surface area contributed by atoms with E-state index in [0.29, 0.717) is 0 Å². The van der Waals surface area contributed by atoms with E-state index in [1.165, 1.54) is 0 Å². The van der Waals surface area contributed by atoms with Gasteiger partial charge in [-0.15, -0.1) is 0 Å². The van der Waals surface area contributed by atoms with Crippen molar-refractivity contribution in [1.29, 1.82) is 0 Å². The van der Waals surface area contributed by atoms with E-state index in [-0.39, 0.29) is 0 Å². The summed E-state index contributed by atoms with van der Waals surface area (Å²) in [5, 5.41) is 13.7. The normalized spacial score (nSPS) is 11.5. The predicted molar refractivity (Wildman–Crippen MR) is 150 cm³/mol. The van der Waals surface area contributed by atoms with Crippen molar-refractivity contribution in [2.45, 2.75) is 0 Å². The Kier molecular flexibility index (Phi) is 5.49. The van der Waals surface area contributed by atoms with Gasteiger partial charge in [-0.1, -0.05) is 54.6 Å². The van der Waals surface area contributed by atoms with E-state index in [9.17, 15) is 0 Å². The van der Waals surface area contributed by atoms with Gasteiger partial charge in [0.1, 0.15) is 0 Å². The summed E-state index contributed by atoms with van der Waals surface area (Å²) in [4.78, 5) is 13.8. The van der Waals surface area contributed by atoms with E-state index in [2.05, 4.69) is 48.4 Å². The van der Waals surface area contributed by atoms with Gasteiger partial charge in [-0.05, 0) is 48.2 Å². The van der Waals surface area contributed by atoms with Crippen molar-refractivity contribution in [1.82, 2.24) is 15.0 Å². The fourth-order valence-electron chi connectivity index (χ4n) is 4.03. The molecule has 6 rings (SSSR count). The number of hydrogen-bond donors (Lipinski definition) is 3. The molecule has 3 heterocycles. The second-order valence-electron chi connectivity index (χ2n) is 8.19. The molecule has 0 aliphatic heterocycles. The summed E-state index contributed by atoms with van der Waals surface area (Å²) in [6.07, 6.45) is 5.43. The minimum Gasteiger partial charge on any atom is -0.325 e. The number of anilines is 3. The Morgan fingerprint density at radius 1 is 0.486 bits per heavy atom. The van der Waals surface area contributed by atoms with Crippen molar-refractivity contribution in [2.24, 2.45) is 0 Å². The third kappa shape index (κ3) is 4.64. The van der Waals surface area contributed by atoms with Crippen molar-refractivity contribution in [2.75, 3.05) is 15.3 Å². The molecular formula is C27H21N6PS. The number of nitrogens with zero attached hydrogens (tertiary/aromatic N) is 3. The van der Waals surface area contributed by atoms with E-state index < -0.39 is 6.49 Å². The van der Waals surface area contributed by atoms with Gasteiger partial charge in [0.15, 0.2) is 0 Å². The van der Waals surface area contributed by atoms with Crippen molar-refractivity contribution in [3.05, 3.63) is 110 Å². The number of para-hydroxylation sites is 3. The summed E-state index contributed by atoms with van der Waals surface area (Å²) in [5.74, 6) is 0. The summed E-state index contributed by atoms with van der Waals surface area (Å²) < 4.78 is 0.